The molecule has 1 aliphatic heterocycles. The molecule has 1 saturated heterocycles. The van der Waals surface area contributed by atoms with Gasteiger partial charge >= 0.3 is 0 Å². The van der Waals surface area contributed by atoms with Gasteiger partial charge < -0.3 is 30.9 Å². The Hall–Kier alpha value is -2.81. The summed E-state index contributed by atoms with van der Waals surface area (Å²) in [5.74, 6) is -1.17. The van der Waals surface area contributed by atoms with E-state index in [-0.39, 0.29) is 63.4 Å². The van der Waals surface area contributed by atoms with Crippen molar-refractivity contribution < 1.29 is 29.7 Å². The normalized spacial score (nSPS) is 36.5. The van der Waals surface area contributed by atoms with Gasteiger partial charge in [-0.25, -0.2) is 0 Å². The zero-order valence-electron chi connectivity index (χ0n) is 28.6. The molecular formula is C37H55N3O6. The largest absolute Gasteiger partial charge is 0.504 e. The number of phenols is 2. The van der Waals surface area contributed by atoms with Crippen LogP contribution in [0.4, 0.5) is 0 Å². The van der Waals surface area contributed by atoms with Crippen LogP contribution in [0.25, 0.3) is 0 Å². The van der Waals surface area contributed by atoms with Crippen molar-refractivity contribution in [3.05, 3.63) is 23.8 Å². The summed E-state index contributed by atoms with van der Waals surface area (Å²) in [4.78, 5) is 44.0. The predicted molar refractivity (Wildman–Crippen MR) is 175 cm³/mol. The molecule has 254 valence electrons. The van der Waals surface area contributed by atoms with Crippen LogP contribution in [0.2, 0.25) is 0 Å². The number of hydrogen-bond donors (Lipinski definition) is 5. The van der Waals surface area contributed by atoms with E-state index in [9.17, 15) is 29.7 Å². The van der Waals surface area contributed by atoms with Gasteiger partial charge in [-0.05, 0) is 84.3 Å². The maximum Gasteiger partial charge on any atom is 0.249 e. The van der Waals surface area contributed by atoms with Crippen molar-refractivity contribution >= 4 is 17.7 Å². The third-order valence-electron chi connectivity index (χ3n) is 14.3. The van der Waals surface area contributed by atoms with Crippen molar-refractivity contribution in [2.75, 3.05) is 6.54 Å². The third kappa shape index (κ3) is 5.19. The Morgan fingerprint density at radius 3 is 2.28 bits per heavy atom. The second kappa shape index (κ2) is 11.4. The number of piperidine rings is 1. The van der Waals surface area contributed by atoms with Crippen LogP contribution in [0.1, 0.15) is 105 Å². The van der Waals surface area contributed by atoms with E-state index in [0.29, 0.717) is 18.0 Å². The predicted octanol–water partition coefficient (Wildman–Crippen LogP) is 4.66. The van der Waals surface area contributed by atoms with Crippen LogP contribution < -0.4 is 10.6 Å². The maximum absolute atomic E-state index is 14.5. The van der Waals surface area contributed by atoms with E-state index in [0.717, 1.165) is 51.4 Å². The van der Waals surface area contributed by atoms with Crippen molar-refractivity contribution in [1.82, 2.24) is 15.5 Å². The molecule has 5 aliphatic rings. The molecule has 0 aromatic heterocycles. The van der Waals surface area contributed by atoms with E-state index in [2.05, 4.69) is 45.3 Å². The first kappa shape index (κ1) is 33.1. The quantitative estimate of drug-likeness (QED) is 0.250. The number of carbonyl (C=O) groups is 3. The van der Waals surface area contributed by atoms with Crippen LogP contribution >= 0.6 is 0 Å². The van der Waals surface area contributed by atoms with Gasteiger partial charge in [0, 0.05) is 30.5 Å². The minimum atomic E-state index is -1.39. The lowest BCUT2D eigenvalue weighted by Crippen LogP contribution is -2.58. The number of nitrogens with zero attached hydrogens (tertiary/aromatic N) is 1. The first-order chi connectivity index (χ1) is 21.5. The molecule has 1 aromatic rings. The highest BCUT2D eigenvalue weighted by atomic mass is 16.3. The average molecular weight is 638 g/mol. The number of likely N-dealkylation sites (tertiary alicyclic amines) is 1. The minimum Gasteiger partial charge on any atom is -0.504 e. The molecular weight excluding hydrogens is 582 g/mol. The molecule has 9 atom stereocenters. The molecule has 9 nitrogen and oxygen atoms in total. The Balaban J connectivity index is 1.19. The standard InChI is InChI=1S/C37H55N3O6/c1-21(29(23-10-8-7-9-11-23)39-31(44)27(43)17-22-12-13-25(41)26(42)16-22)33(46)40-20-35(4)19-37(35,6)30(40)32(45)38-28-18-24-14-15-36(28,5)34(24,2)3/h12-13,16,21,23-24,27-30,41-43H,7-11,14-15,17-20H2,1-6H3,(H,38,45)(H,39,44). The number of phenolic OH excluding ortho intramolecular Hbond substituents is 2. The van der Waals surface area contributed by atoms with E-state index >= 15 is 0 Å². The number of aliphatic hydroxyl groups is 1. The molecule has 6 rings (SSSR count). The van der Waals surface area contributed by atoms with Crippen LogP contribution in [0, 0.1) is 39.4 Å². The Labute approximate surface area is 273 Å². The van der Waals surface area contributed by atoms with Crippen LogP contribution in [-0.4, -0.2) is 68.7 Å². The van der Waals surface area contributed by atoms with Crippen molar-refractivity contribution in [2.24, 2.45) is 39.4 Å². The zero-order valence-corrected chi connectivity index (χ0v) is 28.6. The van der Waals surface area contributed by atoms with E-state index in [1.807, 2.05) is 11.8 Å². The first-order valence-corrected chi connectivity index (χ1v) is 17.6. The number of aromatic hydroxyl groups is 2. The van der Waals surface area contributed by atoms with E-state index in [4.69, 9.17) is 0 Å². The molecule has 9 heteroatoms. The van der Waals surface area contributed by atoms with Crippen molar-refractivity contribution in [3.63, 3.8) is 0 Å². The molecule has 0 radical (unpaired) electrons. The second-order valence-corrected chi connectivity index (χ2v) is 17.0. The van der Waals surface area contributed by atoms with Gasteiger partial charge in [0.25, 0.3) is 0 Å². The molecule has 3 amide bonds. The van der Waals surface area contributed by atoms with Gasteiger partial charge in [-0.3, -0.25) is 14.4 Å². The lowest BCUT2D eigenvalue weighted by atomic mass is 9.69. The molecule has 9 unspecified atom stereocenters. The second-order valence-electron chi connectivity index (χ2n) is 17.0. The summed E-state index contributed by atoms with van der Waals surface area (Å²) in [6, 6.07) is 3.29. The van der Waals surface area contributed by atoms with Gasteiger partial charge in [0.05, 0.1) is 5.92 Å². The van der Waals surface area contributed by atoms with Gasteiger partial charge in [0.2, 0.25) is 17.7 Å². The van der Waals surface area contributed by atoms with Crippen LogP contribution in [0.5, 0.6) is 11.5 Å². The number of carbonyl (C=O) groups excluding carboxylic acids is 3. The van der Waals surface area contributed by atoms with Crippen molar-refractivity contribution in [3.8, 4) is 11.5 Å². The lowest BCUT2D eigenvalue weighted by Gasteiger charge is -2.41. The summed E-state index contributed by atoms with van der Waals surface area (Å²) in [7, 11) is 0. The molecule has 0 spiro atoms. The number of nitrogens with one attached hydrogen (secondary N) is 2. The third-order valence-corrected chi connectivity index (χ3v) is 14.3. The van der Waals surface area contributed by atoms with Crippen molar-refractivity contribution in [2.45, 2.75) is 130 Å². The molecule has 5 fully saturated rings. The fourth-order valence-electron chi connectivity index (χ4n) is 10.4. The monoisotopic (exact) mass is 637 g/mol. The number of amides is 3. The summed E-state index contributed by atoms with van der Waals surface area (Å²) in [6.07, 6.45) is 7.73. The highest BCUT2D eigenvalue weighted by Crippen LogP contribution is 2.71. The molecule has 1 aromatic carbocycles. The minimum absolute atomic E-state index is 0.0373. The molecule has 46 heavy (non-hydrogen) atoms. The van der Waals surface area contributed by atoms with Gasteiger partial charge in [-0.2, -0.15) is 0 Å². The summed E-state index contributed by atoms with van der Waals surface area (Å²) in [5, 5.41) is 36.9. The Morgan fingerprint density at radius 2 is 1.67 bits per heavy atom. The van der Waals surface area contributed by atoms with Crippen LogP contribution in [0.15, 0.2) is 18.2 Å². The van der Waals surface area contributed by atoms with Gasteiger partial charge in [0.15, 0.2) is 11.5 Å². The lowest BCUT2D eigenvalue weighted by molar-refractivity contribution is -0.146. The average Bonchev–Trinajstić information content (AvgIpc) is 3.26. The first-order valence-electron chi connectivity index (χ1n) is 17.6. The molecule has 5 N–H and O–H groups in total. The Bertz CT molecular complexity index is 1390. The molecule has 2 bridgehead atoms. The topological polar surface area (TPSA) is 139 Å². The maximum atomic E-state index is 14.5. The number of hydrogen-bond acceptors (Lipinski definition) is 6. The fourth-order valence-corrected chi connectivity index (χ4v) is 10.4. The number of fused-ring (bicyclic) bond motifs is 3. The highest BCUT2D eigenvalue weighted by Gasteiger charge is 2.74. The van der Waals surface area contributed by atoms with Crippen molar-refractivity contribution in [1.29, 1.82) is 0 Å². The zero-order chi connectivity index (χ0) is 33.4. The summed E-state index contributed by atoms with van der Waals surface area (Å²) in [5.41, 5.74) is 0.322. The number of benzene rings is 1. The van der Waals surface area contributed by atoms with Gasteiger partial charge in [-0.1, -0.05) is 66.9 Å². The summed E-state index contributed by atoms with van der Waals surface area (Å²) in [6.45, 7) is 13.7. The van der Waals surface area contributed by atoms with E-state index in [1.165, 1.54) is 18.6 Å². The summed E-state index contributed by atoms with van der Waals surface area (Å²) >= 11 is 0. The van der Waals surface area contributed by atoms with Gasteiger partial charge in [-0.15, -0.1) is 0 Å². The summed E-state index contributed by atoms with van der Waals surface area (Å²) < 4.78 is 0. The SMILES string of the molecule is CC(C(=O)N1CC2(C)CC2(C)C1C(=O)NC1CC2CCC1(C)C2(C)C)C(NC(=O)C(O)Cc1ccc(O)c(O)c1)C1CCCCC1. The van der Waals surface area contributed by atoms with E-state index < -0.39 is 30.0 Å². The molecule has 1 heterocycles. The fraction of sp³-hybridized carbons (Fsp3) is 0.757. The smallest absolute Gasteiger partial charge is 0.249 e. The Morgan fingerprint density at radius 1 is 0.978 bits per heavy atom. The van der Waals surface area contributed by atoms with Crippen LogP contribution in [-0.2, 0) is 20.8 Å². The molecule has 4 aliphatic carbocycles. The van der Waals surface area contributed by atoms with E-state index in [1.54, 1.807) is 6.07 Å². The van der Waals surface area contributed by atoms with Crippen LogP contribution in [0.3, 0.4) is 0 Å². The Kier molecular flexibility index (Phi) is 8.21. The van der Waals surface area contributed by atoms with Gasteiger partial charge in [0.1, 0.15) is 12.1 Å². The molecule has 4 saturated carbocycles. The number of rotatable bonds is 9. The number of aliphatic hydroxyl groups excluding tert-OH is 1. The highest BCUT2D eigenvalue weighted by molar-refractivity contribution is 5.92.